The number of rotatable bonds is 2. The summed E-state index contributed by atoms with van der Waals surface area (Å²) in [5.74, 6) is -0.0165. The molecule has 1 aromatic carbocycles. The number of benzene rings is 1. The van der Waals surface area contributed by atoms with Gasteiger partial charge in [-0.1, -0.05) is 0 Å². The predicted molar refractivity (Wildman–Crippen MR) is 77.2 cm³/mol. The fourth-order valence-corrected chi connectivity index (χ4v) is 3.06. The predicted octanol–water partition coefficient (Wildman–Crippen LogP) is 2.22. The Bertz CT molecular complexity index is 828. The van der Waals surface area contributed by atoms with Crippen LogP contribution in [0.2, 0.25) is 0 Å². The van der Waals surface area contributed by atoms with E-state index < -0.39 is 5.97 Å². The minimum Gasteiger partial charge on any atom is -0.480 e. The van der Waals surface area contributed by atoms with Crippen LogP contribution in [-0.4, -0.2) is 30.2 Å². The van der Waals surface area contributed by atoms with E-state index >= 15 is 0 Å². The Morgan fingerprint density at radius 2 is 2.15 bits per heavy atom. The van der Waals surface area contributed by atoms with Crippen LogP contribution in [-0.2, 0) is 4.74 Å². The van der Waals surface area contributed by atoms with Crippen LogP contribution in [0.15, 0.2) is 18.3 Å². The monoisotopic (exact) mass is 289 g/mol. The highest BCUT2D eigenvalue weighted by atomic mass is 32.1. The fourth-order valence-electron chi connectivity index (χ4n) is 2.02. The lowest BCUT2D eigenvalue weighted by atomic mass is 10.2. The molecule has 3 aromatic rings. The quantitative estimate of drug-likeness (QED) is 0.728. The van der Waals surface area contributed by atoms with Crippen molar-refractivity contribution in [2.75, 3.05) is 20.0 Å². The fraction of sp³-hybridized carbons (Fsp3) is 0.154. The van der Waals surface area contributed by atoms with Crippen LogP contribution in [0.1, 0.15) is 9.67 Å². The Balaban J connectivity index is 2.36. The summed E-state index contributed by atoms with van der Waals surface area (Å²) in [6, 6.07) is 3.68. The van der Waals surface area contributed by atoms with Crippen LogP contribution >= 0.6 is 11.3 Å². The highest BCUT2D eigenvalue weighted by Gasteiger charge is 2.19. The van der Waals surface area contributed by atoms with E-state index in [1.54, 1.807) is 0 Å². The first-order chi connectivity index (χ1) is 9.65. The average molecular weight is 289 g/mol. The van der Waals surface area contributed by atoms with Gasteiger partial charge in [-0.2, -0.15) is 0 Å². The molecular formula is C13H11N3O3S. The Morgan fingerprint density at radius 3 is 2.85 bits per heavy atom. The second-order valence-corrected chi connectivity index (χ2v) is 5.11. The van der Waals surface area contributed by atoms with E-state index in [2.05, 4.69) is 9.97 Å². The van der Waals surface area contributed by atoms with Crippen LogP contribution in [0.5, 0.6) is 5.88 Å². The van der Waals surface area contributed by atoms with E-state index in [0.717, 1.165) is 10.1 Å². The molecule has 0 amide bonds. The molecule has 3 rings (SSSR count). The standard InChI is InChI=1S/C13H11N3O3S/c1-18-8-5-15-11-6(16-8)3-4-7-9(11)10(14)12(20-7)13(17)19-2/h3-5H,14H2,1-2H3. The van der Waals surface area contributed by atoms with Crippen molar-refractivity contribution in [3.8, 4) is 5.88 Å². The van der Waals surface area contributed by atoms with Crippen molar-refractivity contribution in [2.45, 2.75) is 0 Å². The van der Waals surface area contributed by atoms with E-state index in [-0.39, 0.29) is 0 Å². The van der Waals surface area contributed by atoms with Gasteiger partial charge in [0.1, 0.15) is 4.88 Å². The van der Waals surface area contributed by atoms with Gasteiger partial charge in [-0.25, -0.2) is 14.8 Å². The van der Waals surface area contributed by atoms with Gasteiger partial charge in [-0.3, -0.25) is 0 Å². The van der Waals surface area contributed by atoms with Crippen LogP contribution < -0.4 is 10.5 Å². The highest BCUT2D eigenvalue weighted by molar-refractivity contribution is 7.21. The number of esters is 1. The SMILES string of the molecule is COC(=O)c1sc2ccc3nc(OC)cnc3c2c1N. The molecule has 2 N–H and O–H groups in total. The number of nitrogens with two attached hydrogens (primary N) is 1. The Morgan fingerprint density at radius 1 is 1.35 bits per heavy atom. The number of thiophene rings is 1. The molecule has 0 fully saturated rings. The zero-order chi connectivity index (χ0) is 14.3. The number of aromatic nitrogens is 2. The molecule has 6 nitrogen and oxygen atoms in total. The molecular weight excluding hydrogens is 278 g/mol. The van der Waals surface area contributed by atoms with Crippen LogP contribution in [0.4, 0.5) is 5.69 Å². The molecule has 7 heteroatoms. The number of ether oxygens (including phenoxy) is 2. The van der Waals surface area contributed by atoms with Gasteiger partial charge in [-0.15, -0.1) is 11.3 Å². The molecule has 0 saturated carbocycles. The maximum atomic E-state index is 11.7. The number of carbonyl (C=O) groups is 1. The first-order valence-electron chi connectivity index (χ1n) is 5.75. The summed E-state index contributed by atoms with van der Waals surface area (Å²) in [5.41, 5.74) is 7.75. The van der Waals surface area contributed by atoms with E-state index in [9.17, 15) is 4.79 Å². The van der Waals surface area contributed by atoms with Gasteiger partial charge < -0.3 is 15.2 Å². The van der Waals surface area contributed by atoms with Gasteiger partial charge in [0, 0.05) is 10.1 Å². The van der Waals surface area contributed by atoms with Crippen molar-refractivity contribution in [2.24, 2.45) is 0 Å². The number of hydrogen-bond acceptors (Lipinski definition) is 7. The Hall–Kier alpha value is -2.41. The first-order valence-corrected chi connectivity index (χ1v) is 6.57. The maximum Gasteiger partial charge on any atom is 0.350 e. The zero-order valence-electron chi connectivity index (χ0n) is 10.8. The number of carbonyl (C=O) groups excluding carboxylic acids is 1. The van der Waals surface area contributed by atoms with E-state index in [0.29, 0.717) is 27.5 Å². The lowest BCUT2D eigenvalue weighted by Crippen LogP contribution is -2.01. The molecule has 0 saturated heterocycles. The summed E-state index contributed by atoms with van der Waals surface area (Å²) < 4.78 is 10.6. The minimum absolute atomic E-state index is 0.377. The van der Waals surface area contributed by atoms with Gasteiger partial charge in [0.05, 0.1) is 37.1 Å². The summed E-state index contributed by atoms with van der Waals surface area (Å²) in [4.78, 5) is 20.7. The number of fused-ring (bicyclic) bond motifs is 3. The average Bonchev–Trinajstić information content (AvgIpc) is 2.83. The summed E-state index contributed by atoms with van der Waals surface area (Å²) in [7, 11) is 2.86. The summed E-state index contributed by atoms with van der Waals surface area (Å²) in [6.45, 7) is 0. The normalized spacial score (nSPS) is 10.9. The molecule has 0 aliphatic heterocycles. The molecule has 102 valence electrons. The highest BCUT2D eigenvalue weighted by Crippen LogP contribution is 2.37. The largest absolute Gasteiger partial charge is 0.480 e. The molecule has 2 heterocycles. The van der Waals surface area contributed by atoms with Crippen LogP contribution in [0.3, 0.4) is 0 Å². The summed E-state index contributed by atoms with van der Waals surface area (Å²) in [6.07, 6.45) is 1.52. The number of nitrogen functional groups attached to an aromatic ring is 1. The van der Waals surface area contributed by atoms with Crippen LogP contribution in [0, 0.1) is 0 Å². The Kier molecular flexibility index (Phi) is 2.90. The molecule has 0 aliphatic rings. The smallest absolute Gasteiger partial charge is 0.350 e. The molecule has 2 aromatic heterocycles. The number of nitrogens with zero attached hydrogens (tertiary/aromatic N) is 2. The molecule has 0 aliphatic carbocycles. The second kappa shape index (κ2) is 4.61. The third-order valence-electron chi connectivity index (χ3n) is 2.96. The molecule has 20 heavy (non-hydrogen) atoms. The number of methoxy groups -OCH3 is 2. The lowest BCUT2D eigenvalue weighted by Gasteiger charge is -2.02. The van der Waals surface area contributed by atoms with Crippen molar-refractivity contribution in [1.29, 1.82) is 0 Å². The van der Waals surface area contributed by atoms with E-state index in [1.165, 1.54) is 31.8 Å². The lowest BCUT2D eigenvalue weighted by molar-refractivity contribution is 0.0607. The van der Waals surface area contributed by atoms with Gasteiger partial charge in [-0.05, 0) is 12.1 Å². The number of hydrogen-bond donors (Lipinski definition) is 1. The Labute approximate surface area is 118 Å². The molecule has 0 atom stereocenters. The van der Waals surface area contributed by atoms with Crippen molar-refractivity contribution >= 4 is 44.1 Å². The van der Waals surface area contributed by atoms with Gasteiger partial charge >= 0.3 is 5.97 Å². The van der Waals surface area contributed by atoms with Crippen molar-refractivity contribution in [3.63, 3.8) is 0 Å². The summed E-state index contributed by atoms with van der Waals surface area (Å²) in [5, 5.41) is 0.725. The summed E-state index contributed by atoms with van der Waals surface area (Å²) >= 11 is 1.28. The third-order valence-corrected chi connectivity index (χ3v) is 4.11. The molecule has 0 radical (unpaired) electrons. The molecule has 0 spiro atoms. The van der Waals surface area contributed by atoms with Gasteiger partial charge in [0.25, 0.3) is 0 Å². The van der Waals surface area contributed by atoms with E-state index in [4.69, 9.17) is 15.2 Å². The van der Waals surface area contributed by atoms with Gasteiger partial charge in [0.15, 0.2) is 0 Å². The van der Waals surface area contributed by atoms with Crippen LogP contribution in [0.25, 0.3) is 21.1 Å². The third kappa shape index (κ3) is 1.75. The topological polar surface area (TPSA) is 87.3 Å². The molecule has 0 unspecified atom stereocenters. The first kappa shape index (κ1) is 12.6. The maximum absolute atomic E-state index is 11.7. The molecule has 0 bridgehead atoms. The van der Waals surface area contributed by atoms with Crippen molar-refractivity contribution < 1.29 is 14.3 Å². The minimum atomic E-state index is -0.446. The zero-order valence-corrected chi connectivity index (χ0v) is 11.7. The number of anilines is 1. The second-order valence-electron chi connectivity index (χ2n) is 4.06. The van der Waals surface area contributed by atoms with Crippen molar-refractivity contribution in [1.82, 2.24) is 9.97 Å². The van der Waals surface area contributed by atoms with E-state index in [1.807, 2.05) is 12.1 Å². The van der Waals surface area contributed by atoms with Gasteiger partial charge in [0.2, 0.25) is 5.88 Å². The van der Waals surface area contributed by atoms with Crippen molar-refractivity contribution in [3.05, 3.63) is 23.2 Å².